The van der Waals surface area contributed by atoms with E-state index in [1.807, 2.05) is 0 Å². The summed E-state index contributed by atoms with van der Waals surface area (Å²) in [5.41, 5.74) is 4.76. The van der Waals surface area contributed by atoms with Crippen molar-refractivity contribution < 1.29 is 19.9 Å². The highest BCUT2D eigenvalue weighted by Crippen LogP contribution is 2.14. The quantitative estimate of drug-likeness (QED) is 0.477. The number of carboxylic acids is 1. The standard InChI is InChI=1S/C8H8N2O4/c9-8(13)10(14)6-3-1-2-5(4-6)7(11)12/h1-4,14H,(H2,9,13)(H,11,12). The fourth-order valence-corrected chi connectivity index (χ4v) is 0.898. The zero-order valence-corrected chi connectivity index (χ0v) is 7.04. The average molecular weight is 196 g/mol. The Balaban J connectivity index is 3.05. The van der Waals surface area contributed by atoms with Crippen molar-refractivity contribution in [2.24, 2.45) is 5.73 Å². The molecule has 0 saturated carbocycles. The summed E-state index contributed by atoms with van der Waals surface area (Å²) in [6.07, 6.45) is 0. The monoisotopic (exact) mass is 196 g/mol. The van der Waals surface area contributed by atoms with Crippen molar-refractivity contribution in [3.8, 4) is 0 Å². The molecule has 0 unspecified atom stereocenters. The third kappa shape index (κ3) is 1.99. The molecule has 1 aromatic carbocycles. The molecule has 6 nitrogen and oxygen atoms in total. The van der Waals surface area contributed by atoms with Crippen molar-refractivity contribution in [2.75, 3.05) is 5.06 Å². The molecule has 0 aliphatic rings. The molecule has 0 aromatic heterocycles. The Hall–Kier alpha value is -2.08. The Morgan fingerprint density at radius 3 is 2.50 bits per heavy atom. The van der Waals surface area contributed by atoms with Crippen LogP contribution in [0, 0.1) is 0 Å². The van der Waals surface area contributed by atoms with Gasteiger partial charge in [0.15, 0.2) is 0 Å². The lowest BCUT2D eigenvalue weighted by atomic mass is 10.2. The molecule has 74 valence electrons. The number of rotatable bonds is 2. The molecule has 0 saturated heterocycles. The lowest BCUT2D eigenvalue weighted by Crippen LogP contribution is -2.32. The van der Waals surface area contributed by atoms with Crippen molar-refractivity contribution in [1.82, 2.24) is 0 Å². The summed E-state index contributed by atoms with van der Waals surface area (Å²) in [7, 11) is 0. The highest BCUT2D eigenvalue weighted by Gasteiger charge is 2.11. The van der Waals surface area contributed by atoms with Crippen LogP contribution < -0.4 is 10.8 Å². The van der Waals surface area contributed by atoms with E-state index in [1.165, 1.54) is 18.2 Å². The SMILES string of the molecule is NC(=O)N(O)c1cccc(C(=O)O)c1. The maximum absolute atomic E-state index is 10.5. The molecule has 1 rings (SSSR count). The van der Waals surface area contributed by atoms with Gasteiger partial charge in [-0.05, 0) is 18.2 Å². The summed E-state index contributed by atoms with van der Waals surface area (Å²) in [6, 6.07) is 4.14. The first-order chi connectivity index (χ1) is 6.52. The number of primary amides is 1. The molecule has 0 radical (unpaired) electrons. The Morgan fingerprint density at radius 2 is 2.00 bits per heavy atom. The first-order valence-corrected chi connectivity index (χ1v) is 3.64. The first kappa shape index (κ1) is 10.0. The maximum Gasteiger partial charge on any atom is 0.343 e. The summed E-state index contributed by atoms with van der Waals surface area (Å²) in [5, 5.41) is 17.9. The van der Waals surface area contributed by atoms with Gasteiger partial charge in [-0.25, -0.2) is 9.59 Å². The molecular formula is C8H8N2O4. The Labute approximate surface area is 79.1 Å². The molecule has 6 heteroatoms. The van der Waals surface area contributed by atoms with Crippen LogP contribution in [0.2, 0.25) is 0 Å². The number of hydrogen-bond acceptors (Lipinski definition) is 3. The number of benzene rings is 1. The third-order valence-electron chi connectivity index (χ3n) is 1.55. The van der Waals surface area contributed by atoms with E-state index in [0.29, 0.717) is 0 Å². The van der Waals surface area contributed by atoms with Gasteiger partial charge in [-0.2, -0.15) is 5.06 Å². The minimum absolute atomic E-state index is 0.0115. The largest absolute Gasteiger partial charge is 0.478 e. The van der Waals surface area contributed by atoms with Gasteiger partial charge in [0.05, 0.1) is 11.3 Å². The second-order valence-electron chi connectivity index (χ2n) is 2.51. The van der Waals surface area contributed by atoms with E-state index in [0.717, 1.165) is 6.07 Å². The second-order valence-corrected chi connectivity index (χ2v) is 2.51. The Morgan fingerprint density at radius 1 is 1.36 bits per heavy atom. The highest BCUT2D eigenvalue weighted by molar-refractivity contribution is 5.92. The molecule has 2 amide bonds. The highest BCUT2D eigenvalue weighted by atomic mass is 16.5. The molecule has 0 heterocycles. The lowest BCUT2D eigenvalue weighted by molar-refractivity contribution is 0.0697. The molecule has 0 atom stereocenters. The second kappa shape index (κ2) is 3.75. The minimum atomic E-state index is -1.15. The van der Waals surface area contributed by atoms with E-state index >= 15 is 0 Å². The van der Waals surface area contributed by atoms with Crippen molar-refractivity contribution >= 4 is 17.7 Å². The summed E-state index contributed by atoms with van der Waals surface area (Å²) < 4.78 is 0. The first-order valence-electron chi connectivity index (χ1n) is 3.64. The van der Waals surface area contributed by atoms with Gasteiger partial charge in [-0.1, -0.05) is 6.07 Å². The number of carbonyl (C=O) groups excluding carboxylic acids is 1. The van der Waals surface area contributed by atoms with Crippen LogP contribution in [0.1, 0.15) is 10.4 Å². The van der Waals surface area contributed by atoms with Crippen LogP contribution in [-0.4, -0.2) is 22.3 Å². The number of urea groups is 1. The van der Waals surface area contributed by atoms with Gasteiger partial charge in [0, 0.05) is 0 Å². The summed E-state index contributed by atoms with van der Waals surface area (Å²) in [5.74, 6) is -1.15. The molecule has 0 bridgehead atoms. The molecule has 0 fully saturated rings. The van der Waals surface area contributed by atoms with E-state index in [4.69, 9.17) is 16.0 Å². The van der Waals surface area contributed by atoms with Crippen LogP contribution in [-0.2, 0) is 0 Å². The smallest absolute Gasteiger partial charge is 0.343 e. The number of aromatic carboxylic acids is 1. The maximum atomic E-state index is 10.5. The molecule has 4 N–H and O–H groups in total. The summed E-state index contributed by atoms with van der Waals surface area (Å²) in [6.45, 7) is 0. The molecular weight excluding hydrogens is 188 g/mol. The molecule has 14 heavy (non-hydrogen) atoms. The van der Waals surface area contributed by atoms with Crippen LogP contribution in [0.4, 0.5) is 10.5 Å². The molecule has 0 aliphatic carbocycles. The minimum Gasteiger partial charge on any atom is -0.478 e. The lowest BCUT2D eigenvalue weighted by Gasteiger charge is -2.11. The molecule has 0 spiro atoms. The van der Waals surface area contributed by atoms with E-state index in [2.05, 4.69) is 0 Å². The van der Waals surface area contributed by atoms with E-state index < -0.39 is 12.0 Å². The Kier molecular flexibility index (Phi) is 2.68. The van der Waals surface area contributed by atoms with E-state index in [9.17, 15) is 9.59 Å². The van der Waals surface area contributed by atoms with Crippen LogP contribution in [0.3, 0.4) is 0 Å². The fourth-order valence-electron chi connectivity index (χ4n) is 0.898. The topological polar surface area (TPSA) is 104 Å². The number of anilines is 1. The predicted molar refractivity (Wildman–Crippen MR) is 47.3 cm³/mol. The predicted octanol–water partition coefficient (Wildman–Crippen LogP) is 0.659. The summed E-state index contributed by atoms with van der Waals surface area (Å²) >= 11 is 0. The van der Waals surface area contributed by atoms with Crippen LogP contribution in [0.5, 0.6) is 0 Å². The zero-order valence-electron chi connectivity index (χ0n) is 7.04. The van der Waals surface area contributed by atoms with Crippen LogP contribution in [0.15, 0.2) is 24.3 Å². The van der Waals surface area contributed by atoms with Gasteiger partial charge < -0.3 is 10.8 Å². The number of hydrogen-bond donors (Lipinski definition) is 3. The number of hydroxylamine groups is 1. The van der Waals surface area contributed by atoms with Crippen molar-refractivity contribution in [1.29, 1.82) is 0 Å². The van der Waals surface area contributed by atoms with Gasteiger partial charge in [-0.3, -0.25) is 5.21 Å². The van der Waals surface area contributed by atoms with Crippen molar-refractivity contribution in [2.45, 2.75) is 0 Å². The van der Waals surface area contributed by atoms with Crippen LogP contribution >= 0.6 is 0 Å². The number of nitrogens with two attached hydrogens (primary N) is 1. The van der Waals surface area contributed by atoms with Crippen molar-refractivity contribution in [3.63, 3.8) is 0 Å². The van der Waals surface area contributed by atoms with E-state index in [1.54, 1.807) is 0 Å². The zero-order chi connectivity index (χ0) is 10.7. The van der Waals surface area contributed by atoms with Gasteiger partial charge in [-0.15, -0.1) is 0 Å². The van der Waals surface area contributed by atoms with Gasteiger partial charge in [0.25, 0.3) is 0 Å². The third-order valence-corrected chi connectivity index (χ3v) is 1.55. The number of carbonyl (C=O) groups is 2. The Bertz CT molecular complexity index is 377. The van der Waals surface area contributed by atoms with Crippen molar-refractivity contribution in [3.05, 3.63) is 29.8 Å². The molecule has 0 aliphatic heterocycles. The normalized spacial score (nSPS) is 9.50. The van der Waals surface area contributed by atoms with Gasteiger partial charge >= 0.3 is 12.0 Å². The van der Waals surface area contributed by atoms with Gasteiger partial charge in [0.1, 0.15) is 0 Å². The molecule has 1 aromatic rings. The fraction of sp³-hybridized carbons (Fsp3) is 0. The van der Waals surface area contributed by atoms with E-state index in [-0.39, 0.29) is 16.3 Å². The van der Waals surface area contributed by atoms with Gasteiger partial charge in [0.2, 0.25) is 0 Å². The van der Waals surface area contributed by atoms with Crippen LogP contribution in [0.25, 0.3) is 0 Å². The average Bonchev–Trinajstić information content (AvgIpc) is 2.16. The summed E-state index contributed by atoms with van der Waals surface area (Å²) in [4.78, 5) is 21.1. The number of carboxylic acid groups (broad SMARTS) is 1. The number of nitrogens with zero attached hydrogens (tertiary/aromatic N) is 1. The number of amides is 2.